The Bertz CT molecular complexity index is 676. The fourth-order valence-electron chi connectivity index (χ4n) is 2.95. The number of amides is 1. The molecule has 1 saturated heterocycles. The molecule has 126 valence electrons. The van der Waals surface area contributed by atoms with Crippen LogP contribution in [0.5, 0.6) is 0 Å². The van der Waals surface area contributed by atoms with Crippen molar-refractivity contribution in [2.45, 2.75) is 31.7 Å². The van der Waals surface area contributed by atoms with Crippen molar-refractivity contribution in [1.29, 1.82) is 0 Å². The molecule has 1 atom stereocenters. The van der Waals surface area contributed by atoms with E-state index >= 15 is 0 Å². The lowest BCUT2D eigenvalue weighted by Crippen LogP contribution is -2.45. The van der Waals surface area contributed by atoms with Gasteiger partial charge in [-0.05, 0) is 43.9 Å². The number of hydrogen-bond donors (Lipinski definition) is 2. The van der Waals surface area contributed by atoms with Gasteiger partial charge in [-0.1, -0.05) is 30.3 Å². The quantitative estimate of drug-likeness (QED) is 0.907. The van der Waals surface area contributed by atoms with Crippen LogP contribution in [-0.2, 0) is 10.3 Å². The van der Waals surface area contributed by atoms with E-state index in [2.05, 4.69) is 15.2 Å². The predicted octanol–water partition coefficient (Wildman–Crippen LogP) is 2.88. The minimum atomic E-state index is -1.09. The van der Waals surface area contributed by atoms with Gasteiger partial charge in [0.15, 0.2) is 0 Å². The lowest BCUT2D eigenvalue weighted by atomic mass is 9.92. The zero-order valence-electron chi connectivity index (χ0n) is 14.0. The zero-order valence-corrected chi connectivity index (χ0v) is 14.0. The number of carbonyl (C=O) groups excluding carboxylic acids is 1. The molecule has 1 aromatic carbocycles. The van der Waals surface area contributed by atoms with E-state index in [4.69, 9.17) is 5.73 Å². The maximum atomic E-state index is 12.5. The Balaban J connectivity index is 1.68. The molecule has 0 aliphatic carbocycles. The number of aromatic nitrogens is 1. The molecule has 0 saturated carbocycles. The Morgan fingerprint density at radius 3 is 2.46 bits per heavy atom. The van der Waals surface area contributed by atoms with E-state index in [9.17, 15) is 4.79 Å². The van der Waals surface area contributed by atoms with E-state index < -0.39 is 5.54 Å². The summed E-state index contributed by atoms with van der Waals surface area (Å²) in [5.74, 6) is 0.715. The molecule has 0 bridgehead atoms. The molecule has 1 aliphatic heterocycles. The Kier molecular flexibility index (Phi) is 4.81. The van der Waals surface area contributed by atoms with Crippen LogP contribution in [0.25, 0.3) is 0 Å². The maximum Gasteiger partial charge on any atom is 0.248 e. The van der Waals surface area contributed by atoms with Crippen molar-refractivity contribution < 1.29 is 4.79 Å². The highest BCUT2D eigenvalue weighted by Crippen LogP contribution is 2.22. The van der Waals surface area contributed by atoms with Crippen molar-refractivity contribution in [3.63, 3.8) is 0 Å². The number of pyridine rings is 1. The van der Waals surface area contributed by atoms with E-state index in [1.807, 2.05) is 42.5 Å². The van der Waals surface area contributed by atoms with Crippen LogP contribution >= 0.6 is 0 Å². The molecule has 5 heteroatoms. The fraction of sp³-hybridized carbons (Fsp3) is 0.368. The smallest absolute Gasteiger partial charge is 0.248 e. The normalized spacial score (nSPS) is 17.2. The van der Waals surface area contributed by atoms with E-state index in [0.717, 1.165) is 24.5 Å². The number of nitrogens with zero attached hydrogens (tertiary/aromatic N) is 2. The molecule has 2 aromatic rings. The third kappa shape index (κ3) is 3.57. The minimum Gasteiger partial charge on any atom is -0.357 e. The van der Waals surface area contributed by atoms with E-state index in [-0.39, 0.29) is 5.91 Å². The number of benzene rings is 1. The average Bonchev–Trinajstić information content (AvgIpc) is 2.64. The lowest BCUT2D eigenvalue weighted by Gasteiger charge is -2.28. The van der Waals surface area contributed by atoms with Crippen molar-refractivity contribution in [3.05, 3.63) is 54.2 Å². The first-order valence-corrected chi connectivity index (χ1v) is 8.44. The van der Waals surface area contributed by atoms with E-state index in [1.165, 1.54) is 19.3 Å². The second kappa shape index (κ2) is 7.01. The molecule has 0 spiro atoms. The molecule has 1 unspecified atom stereocenters. The summed E-state index contributed by atoms with van der Waals surface area (Å²) < 4.78 is 0. The van der Waals surface area contributed by atoms with Crippen molar-refractivity contribution in [2.75, 3.05) is 23.3 Å². The SMILES string of the molecule is CC(N)(C(=O)Nc1ccc(N2CCCCC2)nc1)c1ccccc1. The largest absolute Gasteiger partial charge is 0.357 e. The van der Waals surface area contributed by atoms with Crippen LogP contribution in [0.15, 0.2) is 48.7 Å². The van der Waals surface area contributed by atoms with Gasteiger partial charge in [-0.15, -0.1) is 0 Å². The first kappa shape index (κ1) is 16.5. The first-order chi connectivity index (χ1) is 11.6. The molecule has 24 heavy (non-hydrogen) atoms. The van der Waals surface area contributed by atoms with Gasteiger partial charge in [0.05, 0.1) is 11.9 Å². The Morgan fingerprint density at radius 1 is 1.12 bits per heavy atom. The third-order valence-electron chi connectivity index (χ3n) is 4.53. The average molecular weight is 324 g/mol. The molecule has 1 aromatic heterocycles. The number of nitrogens with two attached hydrogens (primary N) is 1. The summed E-state index contributed by atoms with van der Waals surface area (Å²) in [7, 11) is 0. The van der Waals surface area contributed by atoms with Gasteiger partial charge in [-0.2, -0.15) is 0 Å². The molecular weight excluding hydrogens is 300 g/mol. The van der Waals surface area contributed by atoms with Crippen LogP contribution in [0.1, 0.15) is 31.7 Å². The molecule has 5 nitrogen and oxygen atoms in total. The third-order valence-corrected chi connectivity index (χ3v) is 4.53. The summed E-state index contributed by atoms with van der Waals surface area (Å²) in [6, 6.07) is 13.2. The first-order valence-electron chi connectivity index (χ1n) is 8.44. The van der Waals surface area contributed by atoms with Crippen molar-refractivity contribution in [1.82, 2.24) is 4.98 Å². The number of nitrogens with one attached hydrogen (secondary N) is 1. The fourth-order valence-corrected chi connectivity index (χ4v) is 2.95. The van der Waals surface area contributed by atoms with E-state index in [0.29, 0.717) is 5.69 Å². The van der Waals surface area contributed by atoms with Crippen molar-refractivity contribution in [2.24, 2.45) is 5.73 Å². The second-order valence-electron chi connectivity index (χ2n) is 6.48. The molecule has 1 amide bonds. The van der Waals surface area contributed by atoms with Crippen molar-refractivity contribution in [3.8, 4) is 0 Å². The lowest BCUT2D eigenvalue weighted by molar-refractivity contribution is -0.120. The monoisotopic (exact) mass is 324 g/mol. The van der Waals surface area contributed by atoms with Crippen LogP contribution in [0.3, 0.4) is 0 Å². The van der Waals surface area contributed by atoms with E-state index in [1.54, 1.807) is 13.1 Å². The molecule has 1 fully saturated rings. The summed E-state index contributed by atoms with van der Waals surface area (Å²) in [4.78, 5) is 19.3. The highest BCUT2D eigenvalue weighted by Gasteiger charge is 2.30. The molecule has 1 aliphatic rings. The van der Waals surface area contributed by atoms with Gasteiger partial charge < -0.3 is 16.0 Å². The highest BCUT2D eigenvalue weighted by molar-refractivity contribution is 5.98. The minimum absolute atomic E-state index is 0.249. The van der Waals surface area contributed by atoms with Crippen molar-refractivity contribution >= 4 is 17.4 Å². The van der Waals surface area contributed by atoms with Gasteiger partial charge in [-0.25, -0.2) is 4.98 Å². The second-order valence-corrected chi connectivity index (χ2v) is 6.48. The van der Waals surface area contributed by atoms with Crippen LogP contribution in [0, 0.1) is 0 Å². The zero-order chi connectivity index (χ0) is 17.0. The van der Waals surface area contributed by atoms with Gasteiger partial charge in [0.25, 0.3) is 0 Å². The number of anilines is 2. The van der Waals surface area contributed by atoms with Crippen LogP contribution < -0.4 is 16.0 Å². The van der Waals surface area contributed by atoms with Gasteiger partial charge in [0.1, 0.15) is 11.4 Å². The molecule has 0 radical (unpaired) electrons. The molecular formula is C19H24N4O. The van der Waals surface area contributed by atoms with Gasteiger partial charge in [-0.3, -0.25) is 4.79 Å². The number of piperidine rings is 1. The summed E-state index contributed by atoms with van der Waals surface area (Å²) in [5, 5.41) is 2.87. The van der Waals surface area contributed by atoms with Gasteiger partial charge in [0, 0.05) is 13.1 Å². The summed E-state index contributed by atoms with van der Waals surface area (Å²) in [6.07, 6.45) is 5.41. The molecule has 3 rings (SSSR count). The summed E-state index contributed by atoms with van der Waals surface area (Å²) in [6.45, 7) is 3.81. The maximum absolute atomic E-state index is 12.5. The summed E-state index contributed by atoms with van der Waals surface area (Å²) >= 11 is 0. The predicted molar refractivity (Wildman–Crippen MR) is 96.9 cm³/mol. The van der Waals surface area contributed by atoms with Crippen LogP contribution in [0.4, 0.5) is 11.5 Å². The Labute approximate surface area is 142 Å². The van der Waals surface area contributed by atoms with Crippen LogP contribution in [0.2, 0.25) is 0 Å². The summed E-state index contributed by atoms with van der Waals surface area (Å²) in [5.41, 5.74) is 6.58. The van der Waals surface area contributed by atoms with Crippen LogP contribution in [-0.4, -0.2) is 24.0 Å². The Morgan fingerprint density at radius 2 is 1.83 bits per heavy atom. The topological polar surface area (TPSA) is 71.2 Å². The van der Waals surface area contributed by atoms with Gasteiger partial charge in [0.2, 0.25) is 5.91 Å². The molecule has 2 heterocycles. The highest BCUT2D eigenvalue weighted by atomic mass is 16.2. The number of carbonyl (C=O) groups is 1. The molecule has 3 N–H and O–H groups in total. The standard InChI is InChI=1S/C19H24N4O/c1-19(20,15-8-4-2-5-9-15)18(24)22-16-10-11-17(21-14-16)23-12-6-3-7-13-23/h2,4-5,8-11,14H,3,6-7,12-13,20H2,1H3,(H,22,24). The number of hydrogen-bond acceptors (Lipinski definition) is 4. The van der Waals surface area contributed by atoms with Gasteiger partial charge >= 0.3 is 0 Å². The number of rotatable bonds is 4. The Hall–Kier alpha value is -2.40.